The molecule has 98 valence electrons. The first-order valence-corrected chi connectivity index (χ1v) is 6.64. The van der Waals surface area contributed by atoms with Gasteiger partial charge in [-0.3, -0.25) is 9.69 Å². The van der Waals surface area contributed by atoms with Crippen LogP contribution < -0.4 is 0 Å². The van der Waals surface area contributed by atoms with Crippen LogP contribution in [0.4, 0.5) is 0 Å². The number of likely N-dealkylation sites (N-methyl/N-ethyl adjacent to an activating group) is 1. The monoisotopic (exact) mass is 266 g/mol. The molecule has 3 nitrogen and oxygen atoms in total. The molecule has 1 aliphatic heterocycles. The van der Waals surface area contributed by atoms with Crippen LogP contribution in [0.3, 0.4) is 0 Å². The highest BCUT2D eigenvalue weighted by atomic mass is 35.5. The minimum atomic E-state index is -0.385. The zero-order valence-electron chi connectivity index (χ0n) is 10.9. The smallest absolute Gasteiger partial charge is 0.252 e. The Balaban J connectivity index is 2.03. The Kier molecular flexibility index (Phi) is 4.38. The molecule has 1 aromatic carbocycles. The number of benzene rings is 1. The summed E-state index contributed by atoms with van der Waals surface area (Å²) in [6.45, 7) is 7.44. The molecule has 0 atom stereocenters. The molecule has 4 heteroatoms. The Hall–Kier alpha value is -0.900. The highest BCUT2D eigenvalue weighted by Crippen LogP contribution is 2.15. The highest BCUT2D eigenvalue weighted by Gasteiger charge is 2.15. The molecule has 1 aliphatic rings. The van der Waals surface area contributed by atoms with E-state index in [0.29, 0.717) is 5.56 Å². The first-order chi connectivity index (χ1) is 8.56. The molecule has 0 aromatic heterocycles. The Morgan fingerprint density at radius 1 is 1.28 bits per heavy atom. The van der Waals surface area contributed by atoms with Gasteiger partial charge in [-0.2, -0.15) is 0 Å². The fraction of sp³-hybridized carbons (Fsp3) is 0.500. The van der Waals surface area contributed by atoms with Crippen LogP contribution in [0.5, 0.6) is 0 Å². The molecule has 1 saturated heterocycles. The summed E-state index contributed by atoms with van der Waals surface area (Å²) in [4.78, 5) is 15.9. The van der Waals surface area contributed by atoms with Gasteiger partial charge in [-0.05, 0) is 48.8 Å². The second kappa shape index (κ2) is 5.83. The van der Waals surface area contributed by atoms with Gasteiger partial charge in [-0.25, -0.2) is 0 Å². The molecule has 0 N–H and O–H groups in total. The summed E-state index contributed by atoms with van der Waals surface area (Å²) in [6.07, 6.45) is 0. The van der Waals surface area contributed by atoms with Crippen molar-refractivity contribution in [3.63, 3.8) is 0 Å². The summed E-state index contributed by atoms with van der Waals surface area (Å²) in [5.74, 6) is 0. The van der Waals surface area contributed by atoms with Crippen molar-refractivity contribution < 1.29 is 4.79 Å². The standard InChI is InChI=1S/C14H19ClN2O/c1-11-9-12(14(15)18)3-4-13(11)10-17-7-5-16(2)6-8-17/h3-4,9H,5-8,10H2,1-2H3. The predicted octanol–water partition coefficient (Wildman–Crippen LogP) is 2.12. The van der Waals surface area contributed by atoms with Crippen molar-refractivity contribution in [3.8, 4) is 0 Å². The number of piperazine rings is 1. The van der Waals surface area contributed by atoms with Gasteiger partial charge in [0.05, 0.1) is 0 Å². The number of hydrogen-bond donors (Lipinski definition) is 0. The van der Waals surface area contributed by atoms with E-state index in [4.69, 9.17) is 11.6 Å². The summed E-state index contributed by atoms with van der Waals surface area (Å²) in [6, 6.07) is 5.71. The molecule has 0 unspecified atom stereocenters. The molecule has 0 aliphatic carbocycles. The molecule has 1 fully saturated rings. The van der Waals surface area contributed by atoms with Gasteiger partial charge in [0.1, 0.15) is 0 Å². The SMILES string of the molecule is Cc1cc(C(=O)Cl)ccc1CN1CCN(C)CC1. The van der Waals surface area contributed by atoms with Gasteiger partial charge in [-0.15, -0.1) is 0 Å². The number of halogens is 1. The minimum absolute atomic E-state index is 0.385. The van der Waals surface area contributed by atoms with Crippen LogP contribution in [0, 0.1) is 6.92 Å². The van der Waals surface area contributed by atoms with Gasteiger partial charge in [0.15, 0.2) is 0 Å². The number of rotatable bonds is 3. The fourth-order valence-electron chi connectivity index (χ4n) is 2.24. The fourth-order valence-corrected chi connectivity index (χ4v) is 2.36. The van der Waals surface area contributed by atoms with Crippen LogP contribution in [0.1, 0.15) is 21.5 Å². The van der Waals surface area contributed by atoms with E-state index in [0.717, 1.165) is 38.3 Å². The van der Waals surface area contributed by atoms with Gasteiger partial charge in [0, 0.05) is 38.3 Å². The molecule has 0 saturated carbocycles. The van der Waals surface area contributed by atoms with Crippen molar-refractivity contribution >= 4 is 16.8 Å². The summed E-state index contributed by atoms with van der Waals surface area (Å²) in [7, 11) is 2.16. The molecule has 2 rings (SSSR count). The largest absolute Gasteiger partial charge is 0.304 e. The van der Waals surface area contributed by atoms with Gasteiger partial charge in [-0.1, -0.05) is 6.07 Å². The minimum Gasteiger partial charge on any atom is -0.304 e. The summed E-state index contributed by atoms with van der Waals surface area (Å²) < 4.78 is 0. The lowest BCUT2D eigenvalue weighted by Gasteiger charge is -2.32. The van der Waals surface area contributed by atoms with Gasteiger partial charge < -0.3 is 4.90 Å². The average Bonchev–Trinajstić information content (AvgIpc) is 2.34. The van der Waals surface area contributed by atoms with Crippen LogP contribution >= 0.6 is 11.6 Å². The van der Waals surface area contributed by atoms with E-state index < -0.39 is 0 Å². The van der Waals surface area contributed by atoms with E-state index >= 15 is 0 Å². The summed E-state index contributed by atoms with van der Waals surface area (Å²) in [5.41, 5.74) is 3.00. The second-order valence-corrected chi connectivity index (χ2v) is 5.34. The van der Waals surface area contributed by atoms with E-state index in [-0.39, 0.29) is 5.24 Å². The molecule has 0 radical (unpaired) electrons. The third kappa shape index (κ3) is 3.31. The third-order valence-corrected chi connectivity index (χ3v) is 3.78. The number of carbonyl (C=O) groups is 1. The van der Waals surface area contributed by atoms with Crippen molar-refractivity contribution in [2.75, 3.05) is 33.2 Å². The molecule has 0 amide bonds. The van der Waals surface area contributed by atoms with Crippen LogP contribution in [-0.4, -0.2) is 48.3 Å². The Morgan fingerprint density at radius 3 is 2.50 bits per heavy atom. The first-order valence-electron chi connectivity index (χ1n) is 6.26. The summed E-state index contributed by atoms with van der Waals surface area (Å²) in [5, 5.41) is -0.385. The van der Waals surface area contributed by atoms with E-state index in [1.165, 1.54) is 5.56 Å². The van der Waals surface area contributed by atoms with Crippen molar-refractivity contribution in [1.29, 1.82) is 0 Å². The quantitative estimate of drug-likeness (QED) is 0.783. The van der Waals surface area contributed by atoms with Crippen molar-refractivity contribution in [3.05, 3.63) is 34.9 Å². The van der Waals surface area contributed by atoms with Crippen LogP contribution in [0.25, 0.3) is 0 Å². The Bertz CT molecular complexity index is 439. The van der Waals surface area contributed by atoms with E-state index in [1.54, 1.807) is 0 Å². The van der Waals surface area contributed by atoms with E-state index in [2.05, 4.69) is 16.8 Å². The van der Waals surface area contributed by atoms with Crippen molar-refractivity contribution in [2.45, 2.75) is 13.5 Å². The maximum absolute atomic E-state index is 11.1. The maximum atomic E-state index is 11.1. The van der Waals surface area contributed by atoms with Crippen LogP contribution in [0.15, 0.2) is 18.2 Å². The van der Waals surface area contributed by atoms with Crippen molar-refractivity contribution in [2.24, 2.45) is 0 Å². The van der Waals surface area contributed by atoms with Crippen molar-refractivity contribution in [1.82, 2.24) is 9.80 Å². The molecular formula is C14H19ClN2O. The number of nitrogens with zero attached hydrogens (tertiary/aromatic N) is 2. The number of carbonyl (C=O) groups excluding carboxylic acids is 1. The Morgan fingerprint density at radius 2 is 1.94 bits per heavy atom. The average molecular weight is 267 g/mol. The maximum Gasteiger partial charge on any atom is 0.252 e. The lowest BCUT2D eigenvalue weighted by atomic mass is 10.0. The number of hydrogen-bond acceptors (Lipinski definition) is 3. The zero-order valence-corrected chi connectivity index (χ0v) is 11.7. The lowest BCUT2D eigenvalue weighted by molar-refractivity contribution is 0.108. The Labute approximate surface area is 113 Å². The van der Waals surface area contributed by atoms with Crippen LogP contribution in [-0.2, 0) is 6.54 Å². The molecule has 18 heavy (non-hydrogen) atoms. The van der Waals surface area contributed by atoms with E-state index in [1.807, 2.05) is 25.1 Å². The molecule has 0 bridgehead atoms. The predicted molar refractivity (Wildman–Crippen MR) is 74.1 cm³/mol. The normalized spacial score (nSPS) is 17.9. The number of aryl methyl sites for hydroxylation is 1. The molecule has 0 spiro atoms. The highest BCUT2D eigenvalue weighted by molar-refractivity contribution is 6.67. The lowest BCUT2D eigenvalue weighted by Crippen LogP contribution is -2.43. The van der Waals surface area contributed by atoms with Gasteiger partial charge in [0.2, 0.25) is 0 Å². The molecule has 1 heterocycles. The molecular weight excluding hydrogens is 248 g/mol. The third-order valence-electron chi connectivity index (χ3n) is 3.56. The summed E-state index contributed by atoms with van der Waals surface area (Å²) >= 11 is 5.48. The first kappa shape index (κ1) is 13.5. The zero-order chi connectivity index (χ0) is 13.1. The topological polar surface area (TPSA) is 23.6 Å². The second-order valence-electron chi connectivity index (χ2n) is 4.99. The molecule has 1 aromatic rings. The van der Waals surface area contributed by atoms with Gasteiger partial charge >= 0.3 is 0 Å². The van der Waals surface area contributed by atoms with E-state index in [9.17, 15) is 4.79 Å². The van der Waals surface area contributed by atoms with Gasteiger partial charge in [0.25, 0.3) is 5.24 Å². The van der Waals surface area contributed by atoms with Crippen LogP contribution in [0.2, 0.25) is 0 Å².